The number of aliphatic imine (C=N–C) groups is 1. The predicted molar refractivity (Wildman–Crippen MR) is 79.8 cm³/mol. The molecule has 1 aliphatic heterocycles. The number of hydrogen-bond donors (Lipinski definition) is 3. The molecule has 128 valence electrons. The van der Waals surface area contributed by atoms with Crippen molar-refractivity contribution in [3.63, 3.8) is 0 Å². The molecule has 1 aromatic carbocycles. The highest BCUT2D eigenvalue weighted by molar-refractivity contribution is 5.99. The summed E-state index contributed by atoms with van der Waals surface area (Å²) < 4.78 is 32.7. The molecule has 0 spiro atoms. The van der Waals surface area contributed by atoms with Gasteiger partial charge in [-0.25, -0.2) is 0 Å². The lowest BCUT2D eigenvalue weighted by molar-refractivity contribution is -1.92. The summed E-state index contributed by atoms with van der Waals surface area (Å²) in [6.07, 6.45) is 2.09. The second-order valence-electron chi connectivity index (χ2n) is 5.89. The number of rotatable bonds is 1. The average Bonchev–Trinajstić information content (AvgIpc) is 2.61. The van der Waals surface area contributed by atoms with E-state index in [4.69, 9.17) is 18.6 Å². The van der Waals surface area contributed by atoms with Crippen molar-refractivity contribution < 1.29 is 28.9 Å². The quantitative estimate of drug-likeness (QED) is 0.557. The first-order valence-corrected chi connectivity index (χ1v) is 8.28. The first-order chi connectivity index (χ1) is 10.5. The average molecular weight is 344 g/mol. The Hall–Kier alpha value is -1.64. The van der Waals surface area contributed by atoms with E-state index in [-0.39, 0.29) is 5.54 Å². The Morgan fingerprint density at radius 1 is 1.17 bits per heavy atom. The zero-order valence-corrected chi connectivity index (χ0v) is 14.1. The zero-order chi connectivity index (χ0) is 17.5. The van der Waals surface area contributed by atoms with Crippen molar-refractivity contribution in [3.05, 3.63) is 42.0 Å². The van der Waals surface area contributed by atoms with Crippen LogP contribution in [-0.2, 0) is 0 Å². The highest BCUT2D eigenvalue weighted by Crippen LogP contribution is 2.12. The Kier molecular flexibility index (Phi) is 6.99. The van der Waals surface area contributed by atoms with Gasteiger partial charge < -0.3 is 10.6 Å². The molecule has 0 aliphatic carbocycles. The van der Waals surface area contributed by atoms with Crippen molar-refractivity contribution in [2.75, 3.05) is 13.1 Å². The molecule has 23 heavy (non-hydrogen) atoms. The molecule has 0 saturated carbocycles. The maximum Gasteiger partial charge on any atom is 0.123 e. The maximum absolute atomic E-state index is 8.60. The lowest BCUT2D eigenvalue weighted by Crippen LogP contribution is -2.58. The lowest BCUT2D eigenvalue weighted by atomic mass is 10.1. The molecular formula is C15H22ClN3O4. The van der Waals surface area contributed by atoms with E-state index in [9.17, 15) is 0 Å². The van der Waals surface area contributed by atoms with Crippen LogP contribution in [0.4, 0.5) is 0 Å². The van der Waals surface area contributed by atoms with Crippen LogP contribution in [-0.4, -0.2) is 29.1 Å². The smallest absolute Gasteiger partial charge is 0.123 e. The predicted octanol–water partition coefficient (Wildman–Crippen LogP) is -1.71. The molecule has 0 bridgehead atoms. The summed E-state index contributed by atoms with van der Waals surface area (Å²) in [5.74, 6) is 0.950. The number of hydrogen-bond acceptors (Lipinski definition) is 7. The SMILES string of the molecule is CC(C)(C)NC1=NCCNC(c2ccccc2)=C1.[O-][Cl+3]([O-])([O-])O. The standard InChI is InChI=1S/C15H21N3.ClHO4/c1-15(2,3)18-14-11-13(16-9-10-17-14)12-7-5-4-6-8-12;2-1(3,4)5/h4-8,11,16H,9-10H2,1-3H3,(H,17,18);(H,2,3,4,5). The van der Waals surface area contributed by atoms with Gasteiger partial charge >= 0.3 is 0 Å². The largest absolute Gasteiger partial charge is 0.383 e. The Morgan fingerprint density at radius 3 is 2.26 bits per heavy atom. The summed E-state index contributed by atoms with van der Waals surface area (Å²) in [7, 11) is -4.69. The molecule has 2 rings (SSSR count). The topological polar surface area (TPSA) is 126 Å². The Labute approximate surface area is 138 Å². The van der Waals surface area contributed by atoms with E-state index in [1.165, 1.54) is 5.56 Å². The molecule has 0 saturated heterocycles. The molecule has 1 aliphatic rings. The van der Waals surface area contributed by atoms with Crippen molar-refractivity contribution >= 4 is 11.5 Å². The normalized spacial score (nSPS) is 15.3. The lowest BCUT2D eigenvalue weighted by Gasteiger charge is -2.22. The minimum absolute atomic E-state index is 0.0292. The first kappa shape index (κ1) is 19.4. The molecule has 0 radical (unpaired) electrons. The maximum atomic E-state index is 8.60. The molecule has 8 heteroatoms. The van der Waals surface area contributed by atoms with Crippen LogP contribution < -0.4 is 24.6 Å². The summed E-state index contributed by atoms with van der Waals surface area (Å²) in [4.78, 5) is 4.55. The molecule has 0 aromatic heterocycles. The molecule has 0 fully saturated rings. The van der Waals surface area contributed by atoms with Gasteiger partial charge in [0.1, 0.15) is 5.84 Å². The van der Waals surface area contributed by atoms with Gasteiger partial charge in [-0.3, -0.25) is 4.99 Å². The van der Waals surface area contributed by atoms with Crippen LogP contribution in [0.25, 0.3) is 5.70 Å². The number of nitrogens with zero attached hydrogens (tertiary/aromatic N) is 1. The van der Waals surface area contributed by atoms with Gasteiger partial charge in [-0.1, -0.05) is 30.3 Å². The summed E-state index contributed by atoms with van der Waals surface area (Å²) in [5, 5.41) is 6.85. The summed E-state index contributed by atoms with van der Waals surface area (Å²) in [5.41, 5.74) is 2.35. The number of benzene rings is 1. The van der Waals surface area contributed by atoms with Crippen molar-refractivity contribution in [2.45, 2.75) is 26.3 Å². The van der Waals surface area contributed by atoms with Crippen LogP contribution in [0, 0.1) is 10.2 Å². The van der Waals surface area contributed by atoms with Gasteiger partial charge in [0.15, 0.2) is 0 Å². The van der Waals surface area contributed by atoms with Crippen LogP contribution in [0.5, 0.6) is 0 Å². The van der Waals surface area contributed by atoms with Gasteiger partial charge in [0.25, 0.3) is 0 Å². The second kappa shape index (κ2) is 8.28. The molecule has 0 atom stereocenters. The van der Waals surface area contributed by atoms with E-state index in [0.29, 0.717) is 0 Å². The van der Waals surface area contributed by atoms with E-state index >= 15 is 0 Å². The van der Waals surface area contributed by atoms with E-state index < -0.39 is 10.2 Å². The van der Waals surface area contributed by atoms with Gasteiger partial charge in [0.05, 0.1) is 21.4 Å². The molecule has 1 aromatic rings. The minimum atomic E-state index is -4.69. The molecular weight excluding hydrogens is 322 g/mol. The minimum Gasteiger partial charge on any atom is -0.383 e. The van der Waals surface area contributed by atoms with Gasteiger partial charge in [-0.05, 0) is 26.3 Å². The third-order valence-electron chi connectivity index (χ3n) is 2.58. The highest BCUT2D eigenvalue weighted by Gasteiger charge is 2.13. The van der Waals surface area contributed by atoms with Gasteiger partial charge in [0, 0.05) is 23.9 Å². The molecule has 0 amide bonds. The van der Waals surface area contributed by atoms with Gasteiger partial charge in [-0.2, -0.15) is 14.0 Å². The van der Waals surface area contributed by atoms with Crippen molar-refractivity contribution in [1.82, 2.24) is 10.6 Å². The van der Waals surface area contributed by atoms with Crippen molar-refractivity contribution in [3.8, 4) is 0 Å². The first-order valence-electron chi connectivity index (χ1n) is 7.01. The fourth-order valence-electron chi connectivity index (χ4n) is 1.86. The number of halogens is 1. The summed E-state index contributed by atoms with van der Waals surface area (Å²) in [6.45, 7) is 8.10. The monoisotopic (exact) mass is 343 g/mol. The van der Waals surface area contributed by atoms with Crippen LogP contribution in [0.15, 0.2) is 41.4 Å². The van der Waals surface area contributed by atoms with E-state index in [1.807, 2.05) is 6.07 Å². The van der Waals surface area contributed by atoms with Crippen molar-refractivity contribution in [2.24, 2.45) is 4.99 Å². The fourth-order valence-corrected chi connectivity index (χ4v) is 1.86. The summed E-state index contributed by atoms with van der Waals surface area (Å²) >= 11 is 0. The molecule has 7 nitrogen and oxygen atoms in total. The number of nitrogens with one attached hydrogen (secondary N) is 2. The zero-order valence-electron chi connectivity index (χ0n) is 13.4. The Balaban J connectivity index is 0.000000463. The van der Waals surface area contributed by atoms with Gasteiger partial charge in [0.2, 0.25) is 0 Å². The second-order valence-corrected chi connectivity index (χ2v) is 6.68. The summed E-state index contributed by atoms with van der Waals surface area (Å²) in [6, 6.07) is 10.4. The van der Waals surface area contributed by atoms with E-state index in [0.717, 1.165) is 24.6 Å². The van der Waals surface area contributed by atoms with E-state index in [2.05, 4.69) is 66.7 Å². The third-order valence-corrected chi connectivity index (χ3v) is 2.58. The van der Waals surface area contributed by atoms with Crippen LogP contribution in [0.2, 0.25) is 0 Å². The highest BCUT2D eigenvalue weighted by atomic mass is 35.7. The van der Waals surface area contributed by atoms with E-state index in [1.54, 1.807) is 0 Å². The van der Waals surface area contributed by atoms with Gasteiger partial charge in [-0.15, -0.1) is 0 Å². The third kappa shape index (κ3) is 9.88. The molecule has 1 heterocycles. The number of amidine groups is 1. The molecule has 3 N–H and O–H groups in total. The Morgan fingerprint density at radius 2 is 1.74 bits per heavy atom. The van der Waals surface area contributed by atoms with Crippen LogP contribution in [0.3, 0.4) is 0 Å². The molecule has 0 unspecified atom stereocenters. The van der Waals surface area contributed by atoms with Crippen molar-refractivity contribution in [1.29, 1.82) is 0 Å². The van der Waals surface area contributed by atoms with Crippen LogP contribution in [0.1, 0.15) is 26.3 Å². The van der Waals surface area contributed by atoms with Crippen LogP contribution >= 0.6 is 0 Å². The fraction of sp³-hybridized carbons (Fsp3) is 0.400. The Bertz CT molecular complexity index is 542.